The molecule has 0 saturated carbocycles. The van der Waals surface area contributed by atoms with Crippen molar-refractivity contribution in [1.29, 1.82) is 0 Å². The van der Waals surface area contributed by atoms with E-state index in [4.69, 9.17) is 0 Å². The predicted octanol–water partition coefficient (Wildman–Crippen LogP) is 3.43. The van der Waals surface area contributed by atoms with Gasteiger partial charge >= 0.3 is 5.97 Å². The quantitative estimate of drug-likeness (QED) is 0.660. The number of benzene rings is 2. The maximum atomic E-state index is 11.0. The van der Waals surface area contributed by atoms with Crippen molar-refractivity contribution in [3.05, 3.63) is 42.0 Å². The second kappa shape index (κ2) is 6.23. The Morgan fingerprint density at radius 3 is 2.53 bits per heavy atom. The highest BCUT2D eigenvalue weighted by Crippen LogP contribution is 2.26. The second-order valence-electron chi connectivity index (χ2n) is 4.61. The number of hydrogen-bond donors (Lipinski definition) is 1. The fraction of sp³-hybridized carbons (Fsp3) is 0.312. The number of esters is 1. The van der Waals surface area contributed by atoms with Crippen LogP contribution in [-0.2, 0) is 16.0 Å². The summed E-state index contributed by atoms with van der Waals surface area (Å²) in [6.45, 7) is 0. The molecule has 19 heavy (non-hydrogen) atoms. The number of methoxy groups -OCH3 is 1. The third-order valence-electron chi connectivity index (χ3n) is 3.25. The monoisotopic (exact) mass is 258 g/mol. The zero-order valence-electron chi connectivity index (χ0n) is 11.1. The van der Waals surface area contributed by atoms with Crippen LogP contribution < -0.4 is 0 Å². The lowest BCUT2D eigenvalue weighted by molar-refractivity contribution is -0.140. The molecule has 100 valence electrons. The number of fused-ring (bicyclic) bond motifs is 1. The summed E-state index contributed by atoms with van der Waals surface area (Å²) in [7, 11) is 1.40. The van der Waals surface area contributed by atoms with Crippen molar-refractivity contribution in [2.45, 2.75) is 25.7 Å². The van der Waals surface area contributed by atoms with Crippen molar-refractivity contribution in [3.8, 4) is 5.75 Å². The van der Waals surface area contributed by atoms with Crippen LogP contribution in [0.15, 0.2) is 36.4 Å². The Morgan fingerprint density at radius 1 is 1.16 bits per heavy atom. The number of phenols is 1. The van der Waals surface area contributed by atoms with E-state index in [2.05, 4.69) is 4.74 Å². The number of aromatic hydroxyl groups is 1. The van der Waals surface area contributed by atoms with Gasteiger partial charge in [-0.25, -0.2) is 0 Å². The Kier molecular flexibility index (Phi) is 4.39. The molecule has 0 aromatic heterocycles. The lowest BCUT2D eigenvalue weighted by Gasteiger charge is -2.07. The fourth-order valence-electron chi connectivity index (χ4n) is 2.16. The average Bonchev–Trinajstić information content (AvgIpc) is 2.43. The standard InChI is InChI=1S/C16H18O3/c1-19-16(18)9-5-4-8-14-10-12-6-2-3-7-13(12)11-15(14)17/h2-3,6-7,10-11,17H,4-5,8-9H2,1H3. The molecule has 1 N–H and O–H groups in total. The molecule has 0 amide bonds. The van der Waals surface area contributed by atoms with Crippen molar-refractivity contribution in [1.82, 2.24) is 0 Å². The summed E-state index contributed by atoms with van der Waals surface area (Å²) in [6, 6.07) is 11.8. The van der Waals surface area contributed by atoms with Crippen LogP contribution >= 0.6 is 0 Å². The molecule has 2 rings (SSSR count). The van der Waals surface area contributed by atoms with Gasteiger partial charge in [-0.15, -0.1) is 0 Å². The number of rotatable bonds is 5. The average molecular weight is 258 g/mol. The number of carbonyl (C=O) groups excluding carboxylic acids is 1. The molecule has 0 bridgehead atoms. The summed E-state index contributed by atoms with van der Waals surface area (Å²) in [4.78, 5) is 11.0. The molecular weight excluding hydrogens is 240 g/mol. The van der Waals surface area contributed by atoms with Gasteiger partial charge in [0.15, 0.2) is 0 Å². The molecule has 0 saturated heterocycles. The van der Waals surface area contributed by atoms with Gasteiger partial charge in [0.05, 0.1) is 7.11 Å². The minimum atomic E-state index is -0.178. The van der Waals surface area contributed by atoms with Crippen molar-refractivity contribution >= 4 is 16.7 Å². The lowest BCUT2D eigenvalue weighted by atomic mass is 10.0. The number of aryl methyl sites for hydroxylation is 1. The molecule has 0 aliphatic rings. The SMILES string of the molecule is COC(=O)CCCCc1cc2ccccc2cc1O. The van der Waals surface area contributed by atoms with Gasteiger partial charge in [-0.1, -0.05) is 24.3 Å². The Hall–Kier alpha value is -2.03. The Bertz CT molecular complexity index is 575. The number of carbonyl (C=O) groups is 1. The minimum Gasteiger partial charge on any atom is -0.508 e. The maximum absolute atomic E-state index is 11.0. The highest BCUT2D eigenvalue weighted by atomic mass is 16.5. The molecule has 0 fully saturated rings. The van der Waals surface area contributed by atoms with Gasteiger partial charge in [0.2, 0.25) is 0 Å². The van der Waals surface area contributed by atoms with Crippen LogP contribution in [0.4, 0.5) is 0 Å². The first kappa shape index (κ1) is 13.4. The summed E-state index contributed by atoms with van der Waals surface area (Å²) in [5.41, 5.74) is 0.934. The van der Waals surface area contributed by atoms with Crippen LogP contribution in [0, 0.1) is 0 Å². The summed E-state index contributed by atoms with van der Waals surface area (Å²) >= 11 is 0. The van der Waals surface area contributed by atoms with E-state index in [9.17, 15) is 9.90 Å². The number of hydrogen-bond acceptors (Lipinski definition) is 3. The van der Waals surface area contributed by atoms with Crippen LogP contribution in [0.2, 0.25) is 0 Å². The first-order valence-electron chi connectivity index (χ1n) is 6.48. The maximum Gasteiger partial charge on any atom is 0.305 e. The number of phenolic OH excluding ortho intramolecular Hbond substituents is 1. The van der Waals surface area contributed by atoms with Crippen LogP contribution in [0.3, 0.4) is 0 Å². The molecule has 0 heterocycles. The molecule has 0 atom stereocenters. The van der Waals surface area contributed by atoms with Gasteiger partial charge in [-0.05, 0) is 47.7 Å². The highest BCUT2D eigenvalue weighted by Gasteiger charge is 2.05. The largest absolute Gasteiger partial charge is 0.508 e. The minimum absolute atomic E-state index is 0.178. The Labute approximate surface area is 112 Å². The van der Waals surface area contributed by atoms with E-state index in [1.165, 1.54) is 7.11 Å². The first-order chi connectivity index (χ1) is 9.20. The third kappa shape index (κ3) is 3.47. The Balaban J connectivity index is 2.00. The molecule has 0 aliphatic carbocycles. The molecule has 0 aliphatic heterocycles. The molecule has 2 aromatic carbocycles. The topological polar surface area (TPSA) is 46.5 Å². The lowest BCUT2D eigenvalue weighted by Crippen LogP contribution is -1.99. The van der Waals surface area contributed by atoms with E-state index in [1.807, 2.05) is 30.3 Å². The van der Waals surface area contributed by atoms with E-state index < -0.39 is 0 Å². The molecule has 0 unspecified atom stereocenters. The van der Waals surface area contributed by atoms with Gasteiger partial charge in [-0.2, -0.15) is 0 Å². The summed E-state index contributed by atoms with van der Waals surface area (Å²) < 4.78 is 4.60. The summed E-state index contributed by atoms with van der Waals surface area (Å²) in [6.07, 6.45) is 2.85. The van der Waals surface area contributed by atoms with Gasteiger partial charge < -0.3 is 9.84 Å². The normalized spacial score (nSPS) is 10.6. The second-order valence-corrected chi connectivity index (χ2v) is 4.61. The van der Waals surface area contributed by atoms with Crippen LogP contribution in [0.25, 0.3) is 10.8 Å². The van der Waals surface area contributed by atoms with E-state index >= 15 is 0 Å². The van der Waals surface area contributed by atoms with Crippen molar-refractivity contribution in [3.63, 3.8) is 0 Å². The van der Waals surface area contributed by atoms with Crippen molar-refractivity contribution in [2.75, 3.05) is 7.11 Å². The molecule has 3 nitrogen and oxygen atoms in total. The van der Waals surface area contributed by atoms with E-state index in [1.54, 1.807) is 6.07 Å². The van der Waals surface area contributed by atoms with Crippen LogP contribution in [0.5, 0.6) is 5.75 Å². The smallest absolute Gasteiger partial charge is 0.305 e. The van der Waals surface area contributed by atoms with Crippen LogP contribution in [0.1, 0.15) is 24.8 Å². The van der Waals surface area contributed by atoms with Gasteiger partial charge in [-0.3, -0.25) is 4.79 Å². The predicted molar refractivity (Wildman–Crippen MR) is 75.2 cm³/mol. The Morgan fingerprint density at radius 2 is 1.84 bits per heavy atom. The summed E-state index contributed by atoms with van der Waals surface area (Å²) in [5.74, 6) is 0.152. The van der Waals surface area contributed by atoms with Crippen molar-refractivity contribution < 1.29 is 14.6 Å². The van der Waals surface area contributed by atoms with E-state index in [-0.39, 0.29) is 5.97 Å². The zero-order valence-corrected chi connectivity index (χ0v) is 11.1. The van der Waals surface area contributed by atoms with E-state index in [0.29, 0.717) is 12.2 Å². The third-order valence-corrected chi connectivity index (χ3v) is 3.25. The highest BCUT2D eigenvalue weighted by molar-refractivity contribution is 5.84. The van der Waals surface area contributed by atoms with Gasteiger partial charge in [0.1, 0.15) is 5.75 Å². The number of unbranched alkanes of at least 4 members (excludes halogenated alkanes) is 1. The molecule has 2 aromatic rings. The molecular formula is C16H18O3. The van der Waals surface area contributed by atoms with E-state index in [0.717, 1.165) is 35.6 Å². The van der Waals surface area contributed by atoms with Gasteiger partial charge in [0, 0.05) is 6.42 Å². The molecule has 0 radical (unpaired) electrons. The van der Waals surface area contributed by atoms with Crippen molar-refractivity contribution in [2.24, 2.45) is 0 Å². The first-order valence-corrected chi connectivity index (χ1v) is 6.48. The molecule has 0 spiro atoms. The fourth-order valence-corrected chi connectivity index (χ4v) is 2.16. The molecule has 3 heteroatoms. The van der Waals surface area contributed by atoms with Gasteiger partial charge in [0.25, 0.3) is 0 Å². The van der Waals surface area contributed by atoms with Crippen LogP contribution in [-0.4, -0.2) is 18.2 Å². The summed E-state index contributed by atoms with van der Waals surface area (Å²) in [5, 5.41) is 12.1. The number of ether oxygens (including phenoxy) is 1. The zero-order chi connectivity index (χ0) is 13.7.